The van der Waals surface area contributed by atoms with E-state index in [-0.39, 0.29) is 15.7 Å². The summed E-state index contributed by atoms with van der Waals surface area (Å²) in [4.78, 5) is 10.1. The van der Waals surface area contributed by atoms with Crippen LogP contribution in [0.5, 0.6) is 11.5 Å². The van der Waals surface area contributed by atoms with Crippen molar-refractivity contribution in [1.29, 1.82) is 5.26 Å². The van der Waals surface area contributed by atoms with Gasteiger partial charge in [0.05, 0.1) is 15.5 Å². The highest BCUT2D eigenvalue weighted by Gasteiger charge is 2.13. The first kappa shape index (κ1) is 14.1. The van der Waals surface area contributed by atoms with E-state index in [2.05, 4.69) is 0 Å². The van der Waals surface area contributed by atoms with Gasteiger partial charge in [0.15, 0.2) is 0 Å². The SMILES string of the molecule is N#Cc1ccc(Oc2ccc([N+](=O)[O-])c(Cl)c2)cc1Cl. The quantitative estimate of drug-likeness (QED) is 0.615. The Labute approximate surface area is 124 Å². The number of halogens is 2. The fourth-order valence-corrected chi connectivity index (χ4v) is 1.94. The van der Waals surface area contributed by atoms with Gasteiger partial charge in [-0.25, -0.2) is 0 Å². The molecule has 100 valence electrons. The Hall–Kier alpha value is -2.29. The molecule has 20 heavy (non-hydrogen) atoms. The van der Waals surface area contributed by atoms with E-state index in [0.29, 0.717) is 17.1 Å². The molecular weight excluding hydrogens is 303 g/mol. The van der Waals surface area contributed by atoms with Crippen LogP contribution in [0.25, 0.3) is 0 Å². The summed E-state index contributed by atoms with van der Waals surface area (Å²) in [6.07, 6.45) is 0. The summed E-state index contributed by atoms with van der Waals surface area (Å²) in [6, 6.07) is 10.5. The second kappa shape index (κ2) is 5.78. The topological polar surface area (TPSA) is 76.2 Å². The maximum Gasteiger partial charge on any atom is 0.288 e. The van der Waals surface area contributed by atoms with Crippen molar-refractivity contribution < 1.29 is 9.66 Å². The third-order valence-electron chi connectivity index (χ3n) is 2.41. The van der Waals surface area contributed by atoms with Crippen molar-refractivity contribution in [3.8, 4) is 17.6 Å². The minimum atomic E-state index is -0.579. The fraction of sp³-hybridized carbons (Fsp3) is 0. The number of nitriles is 1. The van der Waals surface area contributed by atoms with Gasteiger partial charge < -0.3 is 4.74 Å². The Kier molecular flexibility index (Phi) is 4.08. The van der Waals surface area contributed by atoms with Crippen LogP contribution in [0.2, 0.25) is 10.0 Å². The highest BCUT2D eigenvalue weighted by molar-refractivity contribution is 6.32. The summed E-state index contributed by atoms with van der Waals surface area (Å²) < 4.78 is 5.47. The second-order valence-corrected chi connectivity index (χ2v) is 4.54. The van der Waals surface area contributed by atoms with E-state index in [9.17, 15) is 10.1 Å². The van der Waals surface area contributed by atoms with E-state index in [1.807, 2.05) is 6.07 Å². The van der Waals surface area contributed by atoms with Crippen molar-refractivity contribution in [2.24, 2.45) is 0 Å². The van der Waals surface area contributed by atoms with Gasteiger partial charge in [0.2, 0.25) is 0 Å². The summed E-state index contributed by atoms with van der Waals surface area (Å²) >= 11 is 11.7. The van der Waals surface area contributed by atoms with E-state index in [1.54, 1.807) is 6.07 Å². The molecule has 0 spiro atoms. The predicted molar refractivity (Wildman–Crippen MR) is 74.3 cm³/mol. The second-order valence-electron chi connectivity index (χ2n) is 3.73. The van der Waals surface area contributed by atoms with Crippen LogP contribution < -0.4 is 4.74 Å². The zero-order valence-electron chi connectivity index (χ0n) is 9.84. The summed E-state index contributed by atoms with van der Waals surface area (Å²) in [5.74, 6) is 0.736. The van der Waals surface area contributed by atoms with Crippen molar-refractivity contribution in [3.63, 3.8) is 0 Å². The lowest BCUT2D eigenvalue weighted by Gasteiger charge is -2.07. The molecule has 0 aliphatic heterocycles. The van der Waals surface area contributed by atoms with Gasteiger partial charge in [-0.2, -0.15) is 5.26 Å². The number of hydrogen-bond donors (Lipinski definition) is 0. The maximum absolute atomic E-state index is 10.6. The zero-order valence-corrected chi connectivity index (χ0v) is 11.4. The van der Waals surface area contributed by atoms with Crippen molar-refractivity contribution in [3.05, 3.63) is 62.1 Å². The van der Waals surface area contributed by atoms with E-state index in [4.69, 9.17) is 33.2 Å². The molecule has 0 aliphatic carbocycles. The van der Waals surface area contributed by atoms with E-state index in [0.717, 1.165) is 0 Å². The van der Waals surface area contributed by atoms with Crippen molar-refractivity contribution in [2.45, 2.75) is 0 Å². The number of nitro groups is 1. The summed E-state index contributed by atoms with van der Waals surface area (Å²) in [5.41, 5.74) is 0.137. The molecule has 0 unspecified atom stereocenters. The van der Waals surface area contributed by atoms with Crippen molar-refractivity contribution in [2.75, 3.05) is 0 Å². The van der Waals surface area contributed by atoms with Crippen LogP contribution in [0.1, 0.15) is 5.56 Å². The zero-order chi connectivity index (χ0) is 14.7. The number of benzene rings is 2. The Morgan fingerprint density at radius 1 is 1.10 bits per heavy atom. The fourth-order valence-electron chi connectivity index (χ4n) is 1.49. The third kappa shape index (κ3) is 2.99. The van der Waals surface area contributed by atoms with Gasteiger partial charge >= 0.3 is 0 Å². The molecule has 0 saturated carbocycles. The molecule has 5 nitrogen and oxygen atoms in total. The average Bonchev–Trinajstić information content (AvgIpc) is 2.38. The van der Waals surface area contributed by atoms with Crippen molar-refractivity contribution in [1.82, 2.24) is 0 Å². The van der Waals surface area contributed by atoms with E-state index in [1.165, 1.54) is 30.3 Å². The Balaban J connectivity index is 2.27. The molecule has 2 rings (SSSR count). The van der Waals surface area contributed by atoms with Crippen LogP contribution in [0.4, 0.5) is 5.69 Å². The van der Waals surface area contributed by atoms with Gasteiger partial charge in [0, 0.05) is 18.2 Å². The summed E-state index contributed by atoms with van der Waals surface area (Å²) in [7, 11) is 0. The standard InChI is InChI=1S/C13H6Cl2N2O3/c14-11-5-9(2-1-8(11)7-16)20-10-3-4-13(17(18)19)12(15)6-10/h1-6H. The third-order valence-corrected chi connectivity index (χ3v) is 3.03. The molecule has 2 aromatic carbocycles. The Morgan fingerprint density at radius 3 is 2.20 bits per heavy atom. The van der Waals surface area contributed by atoms with Gasteiger partial charge in [0.1, 0.15) is 22.6 Å². The van der Waals surface area contributed by atoms with E-state index >= 15 is 0 Å². The lowest BCUT2D eigenvalue weighted by atomic mass is 10.2. The van der Waals surface area contributed by atoms with Crippen LogP contribution >= 0.6 is 23.2 Å². The van der Waals surface area contributed by atoms with Crippen molar-refractivity contribution >= 4 is 28.9 Å². The Bertz CT molecular complexity index is 726. The highest BCUT2D eigenvalue weighted by atomic mass is 35.5. The maximum atomic E-state index is 10.6. The van der Waals surface area contributed by atoms with Gasteiger partial charge in [-0.05, 0) is 18.2 Å². The molecule has 2 aromatic rings. The number of rotatable bonds is 3. The molecule has 0 atom stereocenters. The van der Waals surface area contributed by atoms with Gasteiger partial charge in [-0.15, -0.1) is 0 Å². The molecule has 0 aliphatic rings. The van der Waals surface area contributed by atoms with Crippen LogP contribution in [0, 0.1) is 21.4 Å². The number of nitrogens with zero attached hydrogens (tertiary/aromatic N) is 2. The molecular formula is C13H6Cl2N2O3. The molecule has 0 aromatic heterocycles. The first-order valence-electron chi connectivity index (χ1n) is 5.32. The number of nitro benzene ring substituents is 1. The lowest BCUT2D eigenvalue weighted by Crippen LogP contribution is -1.90. The van der Waals surface area contributed by atoms with Crippen LogP contribution in [-0.4, -0.2) is 4.92 Å². The minimum absolute atomic E-state index is 0.0211. The number of ether oxygens (including phenoxy) is 1. The highest BCUT2D eigenvalue weighted by Crippen LogP contribution is 2.32. The molecule has 0 amide bonds. The lowest BCUT2D eigenvalue weighted by molar-refractivity contribution is -0.384. The number of hydrogen-bond acceptors (Lipinski definition) is 4. The van der Waals surface area contributed by atoms with Crippen LogP contribution in [0.15, 0.2) is 36.4 Å². The van der Waals surface area contributed by atoms with E-state index < -0.39 is 4.92 Å². The molecule has 0 fully saturated rings. The van der Waals surface area contributed by atoms with Crippen LogP contribution in [0.3, 0.4) is 0 Å². The largest absolute Gasteiger partial charge is 0.457 e. The first-order chi connectivity index (χ1) is 9.51. The molecule has 0 bridgehead atoms. The monoisotopic (exact) mass is 308 g/mol. The molecule has 0 saturated heterocycles. The summed E-state index contributed by atoms with van der Waals surface area (Å²) in [5, 5.41) is 19.6. The molecule has 0 heterocycles. The summed E-state index contributed by atoms with van der Waals surface area (Å²) in [6.45, 7) is 0. The molecule has 7 heteroatoms. The smallest absolute Gasteiger partial charge is 0.288 e. The molecule has 0 N–H and O–H groups in total. The van der Waals surface area contributed by atoms with Gasteiger partial charge in [-0.1, -0.05) is 23.2 Å². The first-order valence-corrected chi connectivity index (χ1v) is 6.08. The predicted octanol–water partition coefficient (Wildman–Crippen LogP) is 4.57. The normalized spacial score (nSPS) is 9.85. The van der Waals surface area contributed by atoms with Gasteiger partial charge in [0.25, 0.3) is 5.69 Å². The van der Waals surface area contributed by atoms with Gasteiger partial charge in [-0.3, -0.25) is 10.1 Å². The molecule has 0 radical (unpaired) electrons. The minimum Gasteiger partial charge on any atom is -0.457 e. The Morgan fingerprint density at radius 2 is 1.70 bits per heavy atom. The average molecular weight is 309 g/mol. The van der Waals surface area contributed by atoms with Crippen LogP contribution in [-0.2, 0) is 0 Å².